The van der Waals surface area contributed by atoms with Crippen LogP contribution in [-0.4, -0.2) is 54.3 Å². The quantitative estimate of drug-likeness (QED) is 0.319. The number of hydrogen-bond donors (Lipinski definition) is 0. The fourth-order valence-electron chi connectivity index (χ4n) is 1.55. The van der Waals surface area contributed by atoms with Gasteiger partial charge in [-0.2, -0.15) is 65.9 Å². The third kappa shape index (κ3) is 4.18. The van der Waals surface area contributed by atoms with Crippen LogP contribution in [0, 0.1) is 0 Å². The van der Waals surface area contributed by atoms with Gasteiger partial charge in [0.25, 0.3) is 0 Å². The maximum Gasteiger partial charge on any atom is 0.460 e. The molecular weight excluding hydrogens is 461 g/mol. The van der Waals surface area contributed by atoms with E-state index in [9.17, 15) is 70.7 Å². The van der Waals surface area contributed by atoms with Gasteiger partial charge in [-0.25, -0.2) is 0 Å². The molecule has 0 saturated carbocycles. The zero-order chi connectivity index (χ0) is 23.9. The van der Waals surface area contributed by atoms with E-state index >= 15 is 0 Å². The van der Waals surface area contributed by atoms with E-state index in [1.165, 1.54) is 0 Å². The van der Waals surface area contributed by atoms with Crippen molar-refractivity contribution < 1.29 is 75.4 Å². The average Bonchev–Trinajstić information content (AvgIpc) is 2.52. The first-order valence-electron chi connectivity index (χ1n) is 6.95. The van der Waals surface area contributed by atoms with E-state index in [-0.39, 0.29) is 0 Å². The summed E-state index contributed by atoms with van der Waals surface area (Å²) in [5, 5.41) is 0. The number of hydrogen-bond acceptors (Lipinski definition) is 2. The number of esters is 1. The lowest BCUT2D eigenvalue weighted by Gasteiger charge is -2.41. The van der Waals surface area contributed by atoms with E-state index in [2.05, 4.69) is 4.74 Å². The van der Waals surface area contributed by atoms with Gasteiger partial charge in [0.15, 0.2) is 0 Å². The molecule has 0 aliphatic carbocycles. The predicted octanol–water partition coefficient (Wildman–Crippen LogP) is 5.70. The Bertz CT molecular complexity index is 593. The van der Waals surface area contributed by atoms with E-state index < -0.39 is 67.1 Å². The molecule has 0 radical (unpaired) electrons. The summed E-state index contributed by atoms with van der Waals surface area (Å²) in [4.78, 5) is 10.6. The first kappa shape index (κ1) is 27.4. The van der Waals surface area contributed by atoms with Gasteiger partial charge in [-0.1, -0.05) is 6.92 Å². The molecule has 0 heterocycles. The second kappa shape index (κ2) is 7.59. The van der Waals surface area contributed by atoms with Crippen LogP contribution in [0.15, 0.2) is 0 Å². The minimum atomic E-state index is -8.31. The Kier molecular flexibility index (Phi) is 7.18. The third-order valence-electron chi connectivity index (χ3n) is 3.36. The minimum Gasteiger partial charge on any atom is -0.465 e. The molecule has 0 fully saturated rings. The lowest BCUT2D eigenvalue weighted by molar-refractivity contribution is -0.452. The summed E-state index contributed by atoms with van der Waals surface area (Å²) >= 11 is 0. The highest BCUT2D eigenvalue weighted by atomic mass is 19.4. The van der Waals surface area contributed by atoms with Crippen molar-refractivity contribution in [2.45, 2.75) is 61.5 Å². The van der Waals surface area contributed by atoms with E-state index in [1.54, 1.807) is 0 Å². The standard InChI is InChI=1S/C12H9F15O2/c1-2-5(28)29-4-3-6(13,14)7(15,16)8(17,18)9(19,20)10(21,22)11(23,24)12(25,26)27/h2-4H2,1H3. The molecular formula is C12H9F15O2. The second-order valence-electron chi connectivity index (χ2n) is 5.40. The van der Waals surface area contributed by atoms with Crippen LogP contribution in [0.3, 0.4) is 0 Å². The van der Waals surface area contributed by atoms with Gasteiger partial charge in [-0.05, 0) is 0 Å². The van der Waals surface area contributed by atoms with Gasteiger partial charge in [0.05, 0.1) is 13.0 Å². The fourth-order valence-corrected chi connectivity index (χ4v) is 1.55. The van der Waals surface area contributed by atoms with Crippen LogP contribution in [0.5, 0.6) is 0 Å². The Morgan fingerprint density at radius 1 is 0.621 bits per heavy atom. The third-order valence-corrected chi connectivity index (χ3v) is 3.36. The van der Waals surface area contributed by atoms with Crippen molar-refractivity contribution in [3.8, 4) is 0 Å². The van der Waals surface area contributed by atoms with E-state index in [4.69, 9.17) is 0 Å². The Labute approximate surface area is 151 Å². The number of rotatable bonds is 9. The van der Waals surface area contributed by atoms with E-state index in [0.29, 0.717) is 0 Å². The molecule has 174 valence electrons. The van der Waals surface area contributed by atoms with Crippen LogP contribution in [0.1, 0.15) is 19.8 Å². The molecule has 0 aliphatic rings. The highest BCUT2D eigenvalue weighted by Crippen LogP contribution is 2.62. The van der Waals surface area contributed by atoms with Crippen molar-refractivity contribution in [3.05, 3.63) is 0 Å². The lowest BCUT2D eigenvalue weighted by Crippen LogP contribution is -2.72. The molecule has 2 nitrogen and oxygen atoms in total. The summed E-state index contributed by atoms with van der Waals surface area (Å²) in [7, 11) is 0. The first-order valence-corrected chi connectivity index (χ1v) is 6.95. The Morgan fingerprint density at radius 2 is 0.966 bits per heavy atom. The van der Waals surface area contributed by atoms with E-state index in [0.717, 1.165) is 6.92 Å². The summed E-state index contributed by atoms with van der Waals surface area (Å²) in [6.45, 7) is -0.779. The molecule has 17 heteroatoms. The highest BCUT2D eigenvalue weighted by Gasteiger charge is 2.93. The maximum absolute atomic E-state index is 13.3. The summed E-state index contributed by atoms with van der Waals surface area (Å²) in [6, 6.07) is 0. The van der Waals surface area contributed by atoms with Gasteiger partial charge < -0.3 is 4.74 Å². The molecule has 0 aromatic heterocycles. The normalized spacial score (nSPS) is 15.4. The number of carbonyl (C=O) groups is 1. The lowest BCUT2D eigenvalue weighted by atomic mass is 9.90. The molecule has 29 heavy (non-hydrogen) atoms. The minimum absolute atomic E-state index is 0.547. The molecule has 0 aliphatic heterocycles. The number of halogens is 15. The van der Waals surface area contributed by atoms with Crippen LogP contribution in [-0.2, 0) is 9.53 Å². The highest BCUT2D eigenvalue weighted by molar-refractivity contribution is 5.68. The van der Waals surface area contributed by atoms with Crippen LogP contribution in [0.2, 0.25) is 0 Å². The van der Waals surface area contributed by atoms with Gasteiger partial charge in [0.2, 0.25) is 0 Å². The molecule has 0 atom stereocenters. The second-order valence-corrected chi connectivity index (χ2v) is 5.40. The van der Waals surface area contributed by atoms with Crippen molar-refractivity contribution in [1.29, 1.82) is 0 Å². The SMILES string of the molecule is CCC(=O)OCCC(F)(F)C(F)(F)C(F)(F)C(F)(F)C(F)(F)C(F)(F)C(F)(F)F. The molecule has 0 rings (SSSR count). The van der Waals surface area contributed by atoms with Gasteiger partial charge in [0.1, 0.15) is 0 Å². The maximum atomic E-state index is 13.3. The Morgan fingerprint density at radius 3 is 1.31 bits per heavy atom. The zero-order valence-corrected chi connectivity index (χ0v) is 13.6. The fraction of sp³-hybridized carbons (Fsp3) is 0.917. The number of carbonyl (C=O) groups excluding carboxylic acids is 1. The summed E-state index contributed by atoms with van der Waals surface area (Å²) < 4.78 is 196. The zero-order valence-electron chi connectivity index (χ0n) is 13.6. The first-order chi connectivity index (χ1) is 12.5. The summed E-state index contributed by atoms with van der Waals surface area (Å²) in [5.74, 6) is -48.0. The summed E-state index contributed by atoms with van der Waals surface area (Å²) in [5.41, 5.74) is 0. The number of alkyl halides is 15. The smallest absolute Gasteiger partial charge is 0.460 e. The van der Waals surface area contributed by atoms with Gasteiger partial charge >= 0.3 is 47.7 Å². The molecule has 0 spiro atoms. The predicted molar refractivity (Wildman–Crippen MR) is 61.6 cm³/mol. The number of ether oxygens (including phenoxy) is 1. The van der Waals surface area contributed by atoms with Gasteiger partial charge in [0, 0.05) is 6.42 Å². The molecule has 0 amide bonds. The van der Waals surface area contributed by atoms with Crippen molar-refractivity contribution in [2.75, 3.05) is 6.61 Å². The average molecular weight is 470 g/mol. The van der Waals surface area contributed by atoms with E-state index in [1.807, 2.05) is 0 Å². The van der Waals surface area contributed by atoms with Gasteiger partial charge in [-0.15, -0.1) is 0 Å². The van der Waals surface area contributed by atoms with Crippen LogP contribution < -0.4 is 0 Å². The van der Waals surface area contributed by atoms with Gasteiger partial charge in [-0.3, -0.25) is 4.79 Å². The van der Waals surface area contributed by atoms with Crippen LogP contribution in [0.25, 0.3) is 0 Å². The molecule has 0 N–H and O–H groups in total. The Balaban J connectivity index is 6.12. The molecule has 0 bridgehead atoms. The van der Waals surface area contributed by atoms with Crippen LogP contribution >= 0.6 is 0 Å². The van der Waals surface area contributed by atoms with Crippen molar-refractivity contribution in [1.82, 2.24) is 0 Å². The van der Waals surface area contributed by atoms with Crippen LogP contribution in [0.4, 0.5) is 65.9 Å². The van der Waals surface area contributed by atoms with Crippen molar-refractivity contribution in [2.24, 2.45) is 0 Å². The summed E-state index contributed by atoms with van der Waals surface area (Å²) in [6.07, 6.45) is -10.9. The van der Waals surface area contributed by atoms with Crippen molar-refractivity contribution in [3.63, 3.8) is 0 Å². The largest absolute Gasteiger partial charge is 0.465 e. The topological polar surface area (TPSA) is 26.3 Å². The molecule has 0 saturated heterocycles. The van der Waals surface area contributed by atoms with Crippen molar-refractivity contribution >= 4 is 5.97 Å². The Hall–Kier alpha value is -1.58. The molecule has 0 aromatic carbocycles. The molecule has 0 unspecified atom stereocenters. The molecule has 0 aromatic rings. The monoisotopic (exact) mass is 470 g/mol.